The molecule has 0 aliphatic carbocycles. The molecular weight excluding hydrogens is 264 g/mol. The van der Waals surface area contributed by atoms with Gasteiger partial charge in [0.15, 0.2) is 0 Å². The minimum absolute atomic E-state index is 0.0785. The minimum atomic E-state index is -0.586. The zero-order valence-electron chi connectivity index (χ0n) is 11.7. The predicted molar refractivity (Wildman–Crippen MR) is 74.5 cm³/mol. The zero-order valence-corrected chi connectivity index (χ0v) is 11.7. The van der Waals surface area contributed by atoms with Crippen LogP contribution in [0.15, 0.2) is 6.20 Å². The molecule has 0 aromatic carbocycles. The molecule has 0 saturated carbocycles. The molecule has 0 fully saturated rings. The lowest BCUT2D eigenvalue weighted by molar-refractivity contribution is -0.384. The van der Waals surface area contributed by atoms with E-state index in [0.29, 0.717) is 6.54 Å². The van der Waals surface area contributed by atoms with Crippen LogP contribution in [0.5, 0.6) is 0 Å². The molecule has 0 atom stereocenters. The van der Waals surface area contributed by atoms with E-state index in [9.17, 15) is 14.9 Å². The van der Waals surface area contributed by atoms with Crippen molar-refractivity contribution in [3.05, 3.63) is 16.3 Å². The highest BCUT2D eigenvalue weighted by Crippen LogP contribution is 2.27. The van der Waals surface area contributed by atoms with Crippen LogP contribution in [-0.4, -0.2) is 39.9 Å². The number of nitrogens with one attached hydrogen (secondary N) is 1. The highest BCUT2D eigenvalue weighted by Gasteiger charge is 2.25. The summed E-state index contributed by atoms with van der Waals surface area (Å²) in [5, 5.41) is 13.9. The van der Waals surface area contributed by atoms with Crippen molar-refractivity contribution >= 4 is 23.4 Å². The van der Waals surface area contributed by atoms with E-state index in [-0.39, 0.29) is 30.0 Å². The van der Waals surface area contributed by atoms with Gasteiger partial charge in [-0.15, -0.1) is 0 Å². The van der Waals surface area contributed by atoms with Crippen molar-refractivity contribution in [3.8, 4) is 0 Å². The van der Waals surface area contributed by atoms with E-state index in [1.807, 2.05) is 6.92 Å². The minimum Gasteiger partial charge on any atom is -0.368 e. The average Bonchev–Trinajstić information content (AvgIpc) is 2.35. The summed E-state index contributed by atoms with van der Waals surface area (Å²) >= 11 is 0. The number of nitrogens with two attached hydrogens (primary N) is 1. The van der Waals surface area contributed by atoms with E-state index in [2.05, 4.69) is 15.3 Å². The van der Waals surface area contributed by atoms with E-state index in [4.69, 9.17) is 5.73 Å². The fourth-order valence-electron chi connectivity index (χ4n) is 1.62. The van der Waals surface area contributed by atoms with E-state index < -0.39 is 10.8 Å². The Morgan fingerprint density at radius 3 is 2.70 bits per heavy atom. The molecule has 0 bridgehead atoms. The number of aromatic nitrogens is 2. The summed E-state index contributed by atoms with van der Waals surface area (Å²) in [7, 11) is 0. The number of hydrogen-bond acceptors (Lipinski definition) is 7. The molecule has 0 spiro atoms. The van der Waals surface area contributed by atoms with Gasteiger partial charge in [-0.25, -0.2) is 4.98 Å². The van der Waals surface area contributed by atoms with Crippen LogP contribution in [0.2, 0.25) is 0 Å². The topological polar surface area (TPSA) is 127 Å². The van der Waals surface area contributed by atoms with Gasteiger partial charge in [0, 0.05) is 12.6 Å². The normalized spacial score (nSPS) is 10.4. The van der Waals surface area contributed by atoms with Crippen LogP contribution in [0.25, 0.3) is 0 Å². The molecule has 110 valence electrons. The maximum atomic E-state index is 11.1. The van der Waals surface area contributed by atoms with Crippen molar-refractivity contribution in [2.45, 2.75) is 26.8 Å². The standard InChI is InChI=1S/C11H18N6O3/c1-4-13-11-14-5-8(17(19)20)10(15-11)16(7(2)3)6-9(12)18/h5,7H,4,6H2,1-3H3,(H2,12,18)(H,13,14,15). The first-order chi connectivity index (χ1) is 9.36. The molecule has 1 aromatic rings. The third-order valence-electron chi connectivity index (χ3n) is 2.50. The summed E-state index contributed by atoms with van der Waals surface area (Å²) in [5.41, 5.74) is 4.92. The highest BCUT2D eigenvalue weighted by atomic mass is 16.6. The lowest BCUT2D eigenvalue weighted by atomic mass is 10.3. The Hall–Kier alpha value is -2.45. The van der Waals surface area contributed by atoms with Gasteiger partial charge in [0.1, 0.15) is 6.20 Å². The largest absolute Gasteiger partial charge is 0.368 e. The van der Waals surface area contributed by atoms with Crippen LogP contribution >= 0.6 is 0 Å². The van der Waals surface area contributed by atoms with Crippen LogP contribution in [-0.2, 0) is 4.79 Å². The zero-order chi connectivity index (χ0) is 15.3. The second kappa shape index (κ2) is 6.64. The van der Waals surface area contributed by atoms with E-state index >= 15 is 0 Å². The summed E-state index contributed by atoms with van der Waals surface area (Å²) in [6, 6.07) is -0.175. The molecule has 0 unspecified atom stereocenters. The first-order valence-electron chi connectivity index (χ1n) is 6.17. The van der Waals surface area contributed by atoms with Gasteiger partial charge in [0.25, 0.3) is 0 Å². The molecule has 0 radical (unpaired) electrons. The second-order valence-electron chi connectivity index (χ2n) is 4.38. The summed E-state index contributed by atoms with van der Waals surface area (Å²) in [6.45, 7) is 5.87. The molecule has 1 heterocycles. The Labute approximate surface area is 116 Å². The average molecular weight is 282 g/mol. The van der Waals surface area contributed by atoms with Crippen LogP contribution in [0.1, 0.15) is 20.8 Å². The highest BCUT2D eigenvalue weighted by molar-refractivity contribution is 5.80. The Morgan fingerprint density at radius 1 is 1.60 bits per heavy atom. The molecule has 9 heteroatoms. The third kappa shape index (κ3) is 3.77. The van der Waals surface area contributed by atoms with Gasteiger partial charge in [0.05, 0.1) is 11.5 Å². The first kappa shape index (κ1) is 15.6. The van der Waals surface area contributed by atoms with E-state index in [1.54, 1.807) is 13.8 Å². The number of carbonyl (C=O) groups excluding carboxylic acids is 1. The molecular formula is C11H18N6O3. The molecule has 0 aliphatic rings. The van der Waals surface area contributed by atoms with E-state index in [1.165, 1.54) is 4.90 Å². The Morgan fingerprint density at radius 2 is 2.25 bits per heavy atom. The maximum absolute atomic E-state index is 11.1. The van der Waals surface area contributed by atoms with Crippen molar-refractivity contribution in [1.82, 2.24) is 9.97 Å². The fraction of sp³-hybridized carbons (Fsp3) is 0.545. The number of anilines is 2. The van der Waals surface area contributed by atoms with Gasteiger partial charge in [-0.05, 0) is 20.8 Å². The third-order valence-corrected chi connectivity index (χ3v) is 2.50. The molecule has 0 aliphatic heterocycles. The van der Waals surface area contributed by atoms with Gasteiger partial charge in [0.2, 0.25) is 17.7 Å². The number of nitro groups is 1. The Bertz CT molecular complexity index is 505. The Balaban J connectivity index is 3.30. The fourth-order valence-corrected chi connectivity index (χ4v) is 1.62. The van der Waals surface area contributed by atoms with Crippen molar-refractivity contribution in [1.29, 1.82) is 0 Å². The second-order valence-corrected chi connectivity index (χ2v) is 4.38. The van der Waals surface area contributed by atoms with Crippen LogP contribution in [0.4, 0.5) is 17.5 Å². The lowest BCUT2D eigenvalue weighted by Gasteiger charge is -2.26. The maximum Gasteiger partial charge on any atom is 0.329 e. The van der Waals surface area contributed by atoms with Crippen LogP contribution in [0.3, 0.4) is 0 Å². The molecule has 1 amide bonds. The van der Waals surface area contributed by atoms with Crippen molar-refractivity contribution in [2.75, 3.05) is 23.3 Å². The summed E-state index contributed by atoms with van der Waals surface area (Å²) < 4.78 is 0. The SMILES string of the molecule is CCNc1ncc([N+](=O)[O-])c(N(CC(N)=O)C(C)C)n1. The molecule has 0 saturated heterocycles. The summed E-state index contributed by atoms with van der Waals surface area (Å²) in [5.74, 6) is -0.241. The van der Waals surface area contributed by atoms with Gasteiger partial charge in [-0.3, -0.25) is 14.9 Å². The molecule has 3 N–H and O–H groups in total. The number of nitrogens with zero attached hydrogens (tertiary/aromatic N) is 4. The number of amides is 1. The number of carbonyl (C=O) groups is 1. The van der Waals surface area contributed by atoms with Crippen molar-refractivity contribution in [2.24, 2.45) is 5.73 Å². The van der Waals surface area contributed by atoms with Crippen molar-refractivity contribution in [3.63, 3.8) is 0 Å². The van der Waals surface area contributed by atoms with Gasteiger partial charge in [-0.2, -0.15) is 4.98 Å². The molecule has 1 aromatic heterocycles. The smallest absolute Gasteiger partial charge is 0.329 e. The number of rotatable bonds is 7. The Kier molecular flexibility index (Phi) is 5.18. The summed E-state index contributed by atoms with van der Waals surface area (Å²) in [6.07, 6.45) is 1.12. The van der Waals surface area contributed by atoms with E-state index in [0.717, 1.165) is 6.20 Å². The van der Waals surface area contributed by atoms with Gasteiger partial charge in [-0.1, -0.05) is 0 Å². The summed E-state index contributed by atoms with van der Waals surface area (Å²) in [4.78, 5) is 31.1. The predicted octanol–water partition coefficient (Wildman–Crippen LogP) is 0.517. The molecule has 1 rings (SSSR count). The number of hydrogen-bond donors (Lipinski definition) is 2. The molecule has 9 nitrogen and oxygen atoms in total. The van der Waals surface area contributed by atoms with Gasteiger partial charge >= 0.3 is 5.69 Å². The van der Waals surface area contributed by atoms with Crippen LogP contribution < -0.4 is 16.0 Å². The monoisotopic (exact) mass is 282 g/mol. The quantitative estimate of drug-likeness (QED) is 0.551. The molecule has 20 heavy (non-hydrogen) atoms. The lowest BCUT2D eigenvalue weighted by Crippen LogP contribution is -2.39. The van der Waals surface area contributed by atoms with Crippen LogP contribution in [0, 0.1) is 10.1 Å². The number of primary amides is 1. The first-order valence-corrected chi connectivity index (χ1v) is 6.17. The van der Waals surface area contributed by atoms with Crippen molar-refractivity contribution < 1.29 is 9.72 Å². The van der Waals surface area contributed by atoms with Gasteiger partial charge < -0.3 is 16.0 Å².